The first-order chi connectivity index (χ1) is 10.9. The zero-order chi connectivity index (χ0) is 16.9. The molecule has 0 fully saturated rings. The number of hydrogen-bond donors (Lipinski definition) is 1. The van der Waals surface area contributed by atoms with Gasteiger partial charge in [0.2, 0.25) is 0 Å². The van der Waals surface area contributed by atoms with Crippen molar-refractivity contribution in [3.63, 3.8) is 0 Å². The summed E-state index contributed by atoms with van der Waals surface area (Å²) in [6.45, 7) is 0.343. The number of nitrogens with zero attached hydrogens (tertiary/aromatic N) is 3. The van der Waals surface area contributed by atoms with Crippen LogP contribution in [0.25, 0.3) is 0 Å². The highest BCUT2D eigenvalue weighted by Gasteiger charge is 2.32. The summed E-state index contributed by atoms with van der Waals surface area (Å²) >= 11 is 0. The van der Waals surface area contributed by atoms with E-state index in [0.29, 0.717) is 0 Å². The van der Waals surface area contributed by atoms with Crippen molar-refractivity contribution in [1.82, 2.24) is 9.80 Å². The van der Waals surface area contributed by atoms with Gasteiger partial charge in [0.15, 0.2) is 0 Å². The summed E-state index contributed by atoms with van der Waals surface area (Å²) in [5, 5.41) is 11.6. The molecule has 2 rings (SSSR count). The summed E-state index contributed by atoms with van der Waals surface area (Å²) in [7, 11) is 1.81. The van der Waals surface area contributed by atoms with Crippen LogP contribution in [0.2, 0.25) is 0 Å². The minimum Gasteiger partial charge on any atom is -0.411 e. The second kappa shape index (κ2) is 7.36. The molecule has 1 unspecified atom stereocenters. The first-order valence-corrected chi connectivity index (χ1v) is 7.00. The van der Waals surface area contributed by atoms with Gasteiger partial charge in [-0.05, 0) is 18.1 Å². The van der Waals surface area contributed by atoms with Gasteiger partial charge in [0.1, 0.15) is 12.9 Å². The lowest BCUT2D eigenvalue weighted by molar-refractivity contribution is -0.138. The molecule has 0 radical (unpaired) electrons. The van der Waals surface area contributed by atoms with Crippen molar-refractivity contribution in [1.29, 1.82) is 0 Å². The quantitative estimate of drug-likeness (QED) is 0.377. The molecule has 0 bridgehead atoms. The number of benzene rings is 1. The Kier molecular flexibility index (Phi) is 5.49. The Labute approximate surface area is 132 Å². The highest BCUT2D eigenvalue weighted by molar-refractivity contribution is 5.64. The van der Waals surface area contributed by atoms with Gasteiger partial charge in [-0.1, -0.05) is 23.4 Å². The molecule has 0 aromatic heterocycles. The van der Waals surface area contributed by atoms with Gasteiger partial charge in [0.05, 0.1) is 18.4 Å². The highest BCUT2D eigenvalue weighted by atomic mass is 19.4. The molecule has 1 aliphatic heterocycles. The van der Waals surface area contributed by atoms with E-state index in [2.05, 4.69) is 5.16 Å². The predicted molar refractivity (Wildman–Crippen MR) is 78.8 cm³/mol. The second-order valence-corrected chi connectivity index (χ2v) is 5.10. The van der Waals surface area contributed by atoms with Crippen LogP contribution in [-0.4, -0.2) is 47.8 Å². The van der Waals surface area contributed by atoms with E-state index in [1.54, 1.807) is 23.4 Å². The lowest BCUT2D eigenvalue weighted by Crippen LogP contribution is -2.39. The number of alkyl halides is 3. The molecule has 23 heavy (non-hydrogen) atoms. The zero-order valence-corrected chi connectivity index (χ0v) is 12.6. The van der Waals surface area contributed by atoms with Crippen LogP contribution in [0.5, 0.6) is 0 Å². The molecule has 0 aliphatic carbocycles. The fourth-order valence-corrected chi connectivity index (χ4v) is 2.34. The van der Waals surface area contributed by atoms with E-state index < -0.39 is 11.7 Å². The number of rotatable bonds is 6. The maximum absolute atomic E-state index is 12.9. The normalized spacial score (nSPS) is 18.3. The molecule has 1 aliphatic rings. The van der Waals surface area contributed by atoms with Gasteiger partial charge < -0.3 is 19.7 Å². The number of oxime groups is 1. The van der Waals surface area contributed by atoms with Crippen LogP contribution in [0.1, 0.15) is 11.1 Å². The number of halogens is 3. The van der Waals surface area contributed by atoms with Crippen LogP contribution in [0.15, 0.2) is 41.8 Å². The summed E-state index contributed by atoms with van der Waals surface area (Å²) in [6, 6.07) is 5.48. The summed E-state index contributed by atoms with van der Waals surface area (Å²) in [5.74, 6) is 0. The van der Waals surface area contributed by atoms with Crippen molar-refractivity contribution in [3.05, 3.63) is 47.8 Å². The van der Waals surface area contributed by atoms with E-state index in [9.17, 15) is 13.2 Å². The van der Waals surface area contributed by atoms with Crippen molar-refractivity contribution in [2.75, 3.05) is 20.4 Å². The van der Waals surface area contributed by atoms with Crippen LogP contribution in [-0.2, 0) is 17.3 Å². The zero-order valence-electron chi connectivity index (χ0n) is 12.6. The summed E-state index contributed by atoms with van der Waals surface area (Å²) in [6.07, 6.45) is 0.413. The fraction of sp³-hybridized carbons (Fsp3) is 0.400. The monoisotopic (exact) mass is 329 g/mol. The van der Waals surface area contributed by atoms with Crippen molar-refractivity contribution in [3.8, 4) is 0 Å². The second-order valence-electron chi connectivity index (χ2n) is 5.10. The Morgan fingerprint density at radius 3 is 2.74 bits per heavy atom. The molecule has 5 nitrogen and oxygen atoms in total. The van der Waals surface area contributed by atoms with Crippen molar-refractivity contribution < 1.29 is 23.1 Å². The van der Waals surface area contributed by atoms with Gasteiger partial charge in [-0.25, -0.2) is 0 Å². The third kappa shape index (κ3) is 4.38. The van der Waals surface area contributed by atoms with Gasteiger partial charge in [0, 0.05) is 19.4 Å². The van der Waals surface area contributed by atoms with Gasteiger partial charge in [-0.15, -0.1) is 0 Å². The Morgan fingerprint density at radius 2 is 2.04 bits per heavy atom. The van der Waals surface area contributed by atoms with E-state index >= 15 is 0 Å². The maximum Gasteiger partial charge on any atom is 0.416 e. The van der Waals surface area contributed by atoms with Crippen LogP contribution < -0.4 is 0 Å². The largest absolute Gasteiger partial charge is 0.416 e. The molecular weight excluding hydrogens is 311 g/mol. The summed E-state index contributed by atoms with van der Waals surface area (Å²) in [4.78, 5) is 3.57. The van der Waals surface area contributed by atoms with Gasteiger partial charge in [-0.2, -0.15) is 13.2 Å². The van der Waals surface area contributed by atoms with Crippen LogP contribution in [0.4, 0.5) is 13.2 Å². The lowest BCUT2D eigenvalue weighted by atomic mass is 10.0. The average molecular weight is 329 g/mol. The molecule has 0 saturated heterocycles. The summed E-state index contributed by atoms with van der Waals surface area (Å²) in [5.41, 5.74) is -0.419. The lowest BCUT2D eigenvalue weighted by Gasteiger charge is -2.26. The third-order valence-corrected chi connectivity index (χ3v) is 3.53. The maximum atomic E-state index is 12.9. The molecule has 8 heteroatoms. The van der Waals surface area contributed by atoms with Crippen LogP contribution in [0.3, 0.4) is 0 Å². The van der Waals surface area contributed by atoms with E-state index in [0.717, 1.165) is 6.07 Å². The molecule has 1 aromatic rings. The minimum atomic E-state index is -4.36. The third-order valence-electron chi connectivity index (χ3n) is 3.53. The molecule has 1 N–H and O–H groups in total. The average Bonchev–Trinajstić information content (AvgIpc) is 2.84. The van der Waals surface area contributed by atoms with Crippen LogP contribution >= 0.6 is 0 Å². The first kappa shape index (κ1) is 17.1. The molecule has 0 amide bonds. The topological polar surface area (TPSA) is 48.3 Å². The Bertz CT molecular complexity index is 575. The van der Waals surface area contributed by atoms with Gasteiger partial charge in [-0.3, -0.25) is 0 Å². The fourth-order valence-electron chi connectivity index (χ4n) is 2.34. The van der Waals surface area contributed by atoms with E-state index in [-0.39, 0.29) is 31.5 Å². The molecule has 126 valence electrons. The number of hydrogen-bond acceptors (Lipinski definition) is 5. The Hall–Kier alpha value is -2.22. The Morgan fingerprint density at radius 1 is 1.30 bits per heavy atom. The molecule has 0 spiro atoms. The predicted octanol–water partition coefficient (Wildman–Crippen LogP) is 2.73. The SMILES string of the molecule is CN1C=CN(COCCc2ccccc2C(F)(F)F)C1/C=N\O. The molecule has 1 heterocycles. The van der Waals surface area contributed by atoms with Crippen molar-refractivity contribution in [2.24, 2.45) is 5.16 Å². The number of ether oxygens (including phenoxy) is 1. The molecule has 1 aromatic carbocycles. The van der Waals surface area contributed by atoms with E-state index in [1.807, 2.05) is 11.9 Å². The smallest absolute Gasteiger partial charge is 0.411 e. The highest BCUT2D eigenvalue weighted by Crippen LogP contribution is 2.32. The standard InChI is InChI=1S/C15H18F3N3O2/c1-20-7-8-21(14(20)10-19-22)11-23-9-6-12-4-2-3-5-13(12)15(16,17)18/h2-5,7-8,10,14,22H,6,9,11H2,1H3/b19-10-. The first-order valence-electron chi connectivity index (χ1n) is 7.00. The van der Waals surface area contributed by atoms with Crippen molar-refractivity contribution in [2.45, 2.75) is 18.8 Å². The molecule has 1 atom stereocenters. The van der Waals surface area contributed by atoms with E-state index in [4.69, 9.17) is 9.94 Å². The van der Waals surface area contributed by atoms with Crippen LogP contribution in [0, 0.1) is 0 Å². The summed E-state index contributed by atoms with van der Waals surface area (Å²) < 4.78 is 44.1. The van der Waals surface area contributed by atoms with Gasteiger partial charge >= 0.3 is 6.18 Å². The molecular formula is C15H18F3N3O2. The van der Waals surface area contributed by atoms with Crippen molar-refractivity contribution >= 4 is 6.21 Å². The molecule has 0 saturated carbocycles. The van der Waals surface area contributed by atoms with E-state index in [1.165, 1.54) is 18.3 Å². The van der Waals surface area contributed by atoms with Gasteiger partial charge in [0.25, 0.3) is 0 Å². The minimum absolute atomic E-state index is 0.157. The Balaban J connectivity index is 1.86.